The van der Waals surface area contributed by atoms with Gasteiger partial charge in [0.25, 0.3) is 0 Å². The van der Waals surface area contributed by atoms with Crippen LogP contribution in [0.3, 0.4) is 0 Å². The molecule has 0 radical (unpaired) electrons. The monoisotopic (exact) mass is 409 g/mol. The molecule has 0 atom stereocenters. The van der Waals surface area contributed by atoms with E-state index < -0.39 is 17.6 Å². The van der Waals surface area contributed by atoms with Crippen molar-refractivity contribution >= 4 is 23.4 Å². The van der Waals surface area contributed by atoms with Crippen LogP contribution in [0.15, 0.2) is 48.5 Å². The number of thioether (sulfide) groups is 1. The van der Waals surface area contributed by atoms with E-state index in [0.717, 1.165) is 43.4 Å². The zero-order chi connectivity index (χ0) is 20.0. The molecule has 1 heterocycles. The molecule has 1 aliphatic heterocycles. The van der Waals surface area contributed by atoms with Crippen LogP contribution in [0.4, 0.5) is 18.9 Å². The van der Waals surface area contributed by atoms with Crippen LogP contribution in [0.5, 0.6) is 0 Å². The molecule has 0 bridgehead atoms. The Morgan fingerprint density at radius 3 is 2.61 bits per heavy atom. The third-order valence-electron chi connectivity index (χ3n) is 4.54. The van der Waals surface area contributed by atoms with E-state index >= 15 is 0 Å². The molecule has 1 amide bonds. The minimum absolute atomic E-state index is 0.0290. The lowest BCUT2D eigenvalue weighted by molar-refractivity contribution is -0.138. The summed E-state index contributed by atoms with van der Waals surface area (Å²) >= 11 is 1.87. The number of hydrogen-bond donors (Lipinski definition) is 1. The summed E-state index contributed by atoms with van der Waals surface area (Å²) in [5, 5.41) is 3.29. The maximum Gasteiger partial charge on any atom is 0.416 e. The number of carbonyl (C=O) groups excluding carboxylic acids is 1. The van der Waals surface area contributed by atoms with Crippen molar-refractivity contribution in [2.45, 2.75) is 36.4 Å². The van der Waals surface area contributed by atoms with Gasteiger partial charge in [0.2, 0.25) is 5.91 Å². The van der Waals surface area contributed by atoms with E-state index in [1.165, 1.54) is 18.2 Å². The highest BCUT2D eigenvalue weighted by Crippen LogP contribution is 2.32. The maximum absolute atomic E-state index is 13.1. The summed E-state index contributed by atoms with van der Waals surface area (Å²) in [5.74, 6) is 0.358. The van der Waals surface area contributed by atoms with Gasteiger partial charge in [0, 0.05) is 29.9 Å². The van der Waals surface area contributed by atoms with E-state index in [2.05, 4.69) is 5.32 Å². The van der Waals surface area contributed by atoms with Gasteiger partial charge in [-0.1, -0.05) is 30.3 Å². The summed E-state index contributed by atoms with van der Waals surface area (Å²) in [6.07, 6.45) is -2.71. The third kappa shape index (κ3) is 6.01. The number of halogens is 3. The zero-order valence-corrected chi connectivity index (χ0v) is 16.1. The van der Waals surface area contributed by atoms with E-state index in [1.807, 2.05) is 30.0 Å². The second kappa shape index (κ2) is 9.47. The second-order valence-electron chi connectivity index (χ2n) is 6.70. The smallest absolute Gasteiger partial charge is 0.381 e. The van der Waals surface area contributed by atoms with Crippen LogP contribution in [0.2, 0.25) is 0 Å². The van der Waals surface area contributed by atoms with E-state index in [-0.39, 0.29) is 12.0 Å². The van der Waals surface area contributed by atoms with Gasteiger partial charge in [0.15, 0.2) is 0 Å². The quantitative estimate of drug-likeness (QED) is 0.704. The molecular formula is C21H22F3NO2S. The Kier molecular flexibility index (Phi) is 7.02. The van der Waals surface area contributed by atoms with Crippen LogP contribution in [0, 0.1) is 0 Å². The van der Waals surface area contributed by atoms with Gasteiger partial charge in [-0.15, -0.1) is 0 Å². The van der Waals surface area contributed by atoms with E-state index in [0.29, 0.717) is 10.9 Å². The largest absolute Gasteiger partial charge is 0.416 e. The summed E-state index contributed by atoms with van der Waals surface area (Å²) in [6.45, 7) is 1.60. The van der Waals surface area contributed by atoms with Crippen LogP contribution in [0.25, 0.3) is 0 Å². The van der Waals surface area contributed by atoms with E-state index in [4.69, 9.17) is 4.74 Å². The van der Waals surface area contributed by atoms with Crippen LogP contribution in [-0.4, -0.2) is 24.4 Å². The molecule has 3 nitrogen and oxygen atoms in total. The average molecular weight is 409 g/mol. The number of nitrogens with one attached hydrogen (secondary N) is 1. The van der Waals surface area contributed by atoms with Gasteiger partial charge in [-0.2, -0.15) is 24.9 Å². The molecule has 1 fully saturated rings. The first-order valence-corrected chi connectivity index (χ1v) is 10.2. The number of ether oxygens (including phenoxy) is 1. The first kappa shape index (κ1) is 20.7. The van der Waals surface area contributed by atoms with Crippen molar-refractivity contribution in [3.8, 4) is 0 Å². The Hall–Kier alpha value is -1.99. The first-order valence-electron chi connectivity index (χ1n) is 9.15. The third-order valence-corrected chi connectivity index (χ3v) is 5.98. The SMILES string of the molecule is O=C(Cc1ccccc1C(F)(F)F)Nc1cccc(CSC2CCOCC2)c1. The van der Waals surface area contributed by atoms with Crippen LogP contribution in [-0.2, 0) is 27.9 Å². The molecule has 2 aromatic rings. The molecule has 150 valence electrons. The fourth-order valence-electron chi connectivity index (χ4n) is 3.12. The zero-order valence-electron chi connectivity index (χ0n) is 15.3. The summed E-state index contributed by atoms with van der Waals surface area (Å²) in [4.78, 5) is 12.3. The van der Waals surface area contributed by atoms with Crippen LogP contribution >= 0.6 is 11.8 Å². The van der Waals surface area contributed by atoms with Gasteiger partial charge in [0.05, 0.1) is 12.0 Å². The molecule has 0 spiro atoms. The molecule has 1 saturated heterocycles. The molecule has 1 aliphatic rings. The predicted octanol–water partition coefficient (Wildman–Crippen LogP) is 5.30. The van der Waals surface area contributed by atoms with Crippen LogP contribution in [0.1, 0.15) is 29.5 Å². The highest BCUT2D eigenvalue weighted by molar-refractivity contribution is 7.99. The maximum atomic E-state index is 13.1. The number of anilines is 1. The van der Waals surface area contributed by atoms with Crippen LogP contribution < -0.4 is 5.32 Å². The molecule has 1 N–H and O–H groups in total. The molecular weight excluding hydrogens is 387 g/mol. The molecule has 2 aromatic carbocycles. The predicted molar refractivity (Wildman–Crippen MR) is 105 cm³/mol. The fourth-order valence-corrected chi connectivity index (χ4v) is 4.26. The van der Waals surface area contributed by atoms with E-state index in [1.54, 1.807) is 6.07 Å². The summed E-state index contributed by atoms with van der Waals surface area (Å²) in [7, 11) is 0. The van der Waals surface area contributed by atoms with Crippen molar-refractivity contribution in [3.63, 3.8) is 0 Å². The molecule has 0 unspecified atom stereocenters. The Labute approximate surface area is 166 Å². The highest BCUT2D eigenvalue weighted by Gasteiger charge is 2.33. The Morgan fingerprint density at radius 1 is 1.11 bits per heavy atom. The molecule has 0 aromatic heterocycles. The van der Waals surface area contributed by atoms with E-state index in [9.17, 15) is 18.0 Å². The molecule has 28 heavy (non-hydrogen) atoms. The lowest BCUT2D eigenvalue weighted by Crippen LogP contribution is -2.18. The second-order valence-corrected chi connectivity index (χ2v) is 7.99. The minimum atomic E-state index is -4.47. The van der Waals surface area contributed by atoms with Crippen molar-refractivity contribution in [1.82, 2.24) is 0 Å². The topological polar surface area (TPSA) is 38.3 Å². The Bertz CT molecular complexity index is 804. The fraction of sp³-hybridized carbons (Fsp3) is 0.381. The van der Waals surface area contributed by atoms with Crippen molar-refractivity contribution in [2.24, 2.45) is 0 Å². The van der Waals surface area contributed by atoms with Crippen molar-refractivity contribution in [3.05, 3.63) is 65.2 Å². The summed E-state index contributed by atoms with van der Waals surface area (Å²) < 4.78 is 44.6. The normalized spacial score (nSPS) is 15.4. The molecule has 7 heteroatoms. The lowest BCUT2D eigenvalue weighted by Gasteiger charge is -2.21. The highest BCUT2D eigenvalue weighted by atomic mass is 32.2. The van der Waals surface area contributed by atoms with Crippen molar-refractivity contribution < 1.29 is 22.7 Å². The van der Waals surface area contributed by atoms with Gasteiger partial charge in [0.1, 0.15) is 0 Å². The van der Waals surface area contributed by atoms with Gasteiger partial charge in [-0.25, -0.2) is 0 Å². The Morgan fingerprint density at radius 2 is 1.86 bits per heavy atom. The molecule has 0 aliphatic carbocycles. The minimum Gasteiger partial charge on any atom is -0.381 e. The number of amides is 1. The van der Waals surface area contributed by atoms with Crippen molar-refractivity contribution in [1.29, 1.82) is 0 Å². The lowest BCUT2D eigenvalue weighted by atomic mass is 10.0. The average Bonchev–Trinajstić information content (AvgIpc) is 2.67. The summed E-state index contributed by atoms with van der Waals surface area (Å²) in [6, 6.07) is 12.6. The standard InChI is InChI=1S/C21H22F3NO2S/c22-21(23,24)19-7-2-1-5-16(19)13-20(26)25-17-6-3-4-15(12-17)14-28-18-8-10-27-11-9-18/h1-7,12,18H,8-11,13-14H2,(H,25,26). The van der Waals surface area contributed by atoms with Gasteiger partial charge in [-0.05, 0) is 42.2 Å². The number of carbonyl (C=O) groups is 1. The van der Waals surface area contributed by atoms with Gasteiger partial charge < -0.3 is 10.1 Å². The number of benzene rings is 2. The Balaban J connectivity index is 1.59. The molecule has 0 saturated carbocycles. The first-order chi connectivity index (χ1) is 13.4. The molecule has 3 rings (SSSR count). The summed E-state index contributed by atoms with van der Waals surface area (Å²) in [5.41, 5.74) is 0.870. The number of hydrogen-bond acceptors (Lipinski definition) is 3. The number of alkyl halides is 3. The van der Waals surface area contributed by atoms with Gasteiger partial charge in [-0.3, -0.25) is 4.79 Å². The number of rotatable bonds is 6. The van der Waals surface area contributed by atoms with Crippen molar-refractivity contribution in [2.75, 3.05) is 18.5 Å². The van der Waals surface area contributed by atoms with Gasteiger partial charge >= 0.3 is 6.18 Å².